The van der Waals surface area contributed by atoms with E-state index in [9.17, 15) is 0 Å². The van der Waals surface area contributed by atoms with Crippen LogP contribution >= 0.6 is 0 Å². The van der Waals surface area contributed by atoms with Gasteiger partial charge in [0, 0.05) is 18.0 Å². The van der Waals surface area contributed by atoms with Crippen LogP contribution in [0.25, 0.3) is 0 Å². The van der Waals surface area contributed by atoms with Gasteiger partial charge in [0.25, 0.3) is 0 Å². The average Bonchev–Trinajstić information content (AvgIpc) is 2.91. The van der Waals surface area contributed by atoms with Crippen LogP contribution < -0.4 is 5.32 Å². The van der Waals surface area contributed by atoms with E-state index >= 15 is 0 Å². The fourth-order valence-corrected chi connectivity index (χ4v) is 2.67. The van der Waals surface area contributed by atoms with Crippen molar-refractivity contribution < 1.29 is 4.52 Å². The second-order valence-electron chi connectivity index (χ2n) is 5.18. The molecule has 1 fully saturated rings. The number of fused-ring (bicyclic) bond motifs is 1. The molecule has 0 spiro atoms. The zero-order valence-corrected chi connectivity index (χ0v) is 10.1. The molecule has 18 heavy (non-hydrogen) atoms. The molecule has 1 aromatic heterocycles. The molecule has 0 bridgehead atoms. The first kappa shape index (κ1) is 10.1. The molecule has 92 valence electrons. The van der Waals surface area contributed by atoms with Crippen molar-refractivity contribution in [2.75, 3.05) is 5.32 Å². The highest BCUT2D eigenvalue weighted by molar-refractivity contribution is 5.56. The molecule has 4 heteroatoms. The first-order chi connectivity index (χ1) is 8.90. The first-order valence-corrected chi connectivity index (χ1v) is 6.58. The van der Waals surface area contributed by atoms with Crippen LogP contribution in [0.15, 0.2) is 28.8 Å². The molecule has 1 aliphatic heterocycles. The third-order valence-electron chi connectivity index (χ3n) is 4.00. The number of nitrogens with one attached hydrogen (secondary N) is 1. The summed E-state index contributed by atoms with van der Waals surface area (Å²) in [6.45, 7) is 0. The van der Waals surface area contributed by atoms with Crippen molar-refractivity contribution in [3.8, 4) is 0 Å². The Morgan fingerprint density at radius 3 is 2.89 bits per heavy atom. The van der Waals surface area contributed by atoms with Crippen molar-refractivity contribution in [1.29, 1.82) is 0 Å². The Balaban J connectivity index is 1.56. The number of para-hydroxylation sites is 1. The van der Waals surface area contributed by atoms with Gasteiger partial charge in [0.05, 0.1) is 0 Å². The first-order valence-electron chi connectivity index (χ1n) is 6.58. The van der Waals surface area contributed by atoms with Crippen LogP contribution in [0.5, 0.6) is 0 Å². The van der Waals surface area contributed by atoms with Gasteiger partial charge in [-0.05, 0) is 24.5 Å². The van der Waals surface area contributed by atoms with Crippen molar-refractivity contribution in [1.82, 2.24) is 10.1 Å². The topological polar surface area (TPSA) is 51.0 Å². The molecule has 1 atom stereocenters. The molecule has 1 aromatic carbocycles. The lowest BCUT2D eigenvalue weighted by atomic mass is 9.85. The van der Waals surface area contributed by atoms with Crippen LogP contribution in [0.1, 0.15) is 48.5 Å². The van der Waals surface area contributed by atoms with Gasteiger partial charge in [-0.15, -0.1) is 0 Å². The van der Waals surface area contributed by atoms with Gasteiger partial charge in [-0.1, -0.05) is 29.8 Å². The summed E-state index contributed by atoms with van der Waals surface area (Å²) < 4.78 is 5.41. The van der Waals surface area contributed by atoms with E-state index in [0.717, 1.165) is 18.1 Å². The van der Waals surface area contributed by atoms with Crippen LogP contribution in [-0.2, 0) is 6.42 Å². The van der Waals surface area contributed by atoms with Crippen molar-refractivity contribution >= 4 is 5.69 Å². The molecule has 1 aliphatic carbocycles. The Morgan fingerprint density at radius 2 is 2.11 bits per heavy atom. The highest BCUT2D eigenvalue weighted by atomic mass is 16.5. The largest absolute Gasteiger partial charge is 0.373 e. The smallest absolute Gasteiger partial charge is 0.249 e. The molecule has 1 unspecified atom stereocenters. The lowest BCUT2D eigenvalue weighted by Crippen LogP contribution is -2.11. The number of benzene rings is 1. The second-order valence-corrected chi connectivity index (χ2v) is 5.18. The van der Waals surface area contributed by atoms with Gasteiger partial charge in [-0.3, -0.25) is 0 Å². The van der Waals surface area contributed by atoms with Crippen LogP contribution in [0, 0.1) is 0 Å². The number of aromatic nitrogens is 2. The SMILES string of the molecule is c1ccc2c(c1)CC(c1nc(C3CCC3)no1)N2. The van der Waals surface area contributed by atoms with Crippen LogP contribution in [0.3, 0.4) is 0 Å². The highest BCUT2D eigenvalue weighted by Gasteiger charge is 2.29. The molecule has 2 heterocycles. The Labute approximate surface area is 105 Å². The maximum Gasteiger partial charge on any atom is 0.249 e. The lowest BCUT2D eigenvalue weighted by molar-refractivity contribution is 0.339. The Kier molecular flexibility index (Phi) is 2.15. The number of hydrogen-bond donors (Lipinski definition) is 1. The zero-order valence-electron chi connectivity index (χ0n) is 10.1. The minimum Gasteiger partial charge on any atom is -0.373 e. The van der Waals surface area contributed by atoms with Crippen LogP contribution in [0.4, 0.5) is 5.69 Å². The molecule has 0 radical (unpaired) electrons. The van der Waals surface area contributed by atoms with Gasteiger partial charge >= 0.3 is 0 Å². The average molecular weight is 241 g/mol. The van der Waals surface area contributed by atoms with E-state index in [2.05, 4.69) is 33.7 Å². The molecule has 1 N–H and O–H groups in total. The third kappa shape index (κ3) is 1.52. The molecular weight excluding hydrogens is 226 g/mol. The fourth-order valence-electron chi connectivity index (χ4n) is 2.67. The molecule has 0 saturated heterocycles. The summed E-state index contributed by atoms with van der Waals surface area (Å²) in [5, 5.41) is 7.56. The maximum atomic E-state index is 5.41. The Hall–Kier alpha value is -1.84. The standard InChI is InChI=1S/C14H15N3O/c1-2-7-11-10(4-1)8-12(15-11)14-16-13(17-18-14)9-5-3-6-9/h1-2,4,7,9,12,15H,3,5-6,8H2. The quantitative estimate of drug-likeness (QED) is 0.878. The van der Waals surface area contributed by atoms with Gasteiger partial charge in [-0.25, -0.2) is 0 Å². The van der Waals surface area contributed by atoms with E-state index in [1.807, 2.05) is 6.07 Å². The molecule has 1 saturated carbocycles. The molecule has 0 amide bonds. The number of nitrogens with zero attached hydrogens (tertiary/aromatic N) is 2. The lowest BCUT2D eigenvalue weighted by Gasteiger charge is -2.21. The normalized spacial score (nSPS) is 22.3. The van der Waals surface area contributed by atoms with E-state index in [-0.39, 0.29) is 6.04 Å². The van der Waals surface area contributed by atoms with Gasteiger partial charge in [-0.2, -0.15) is 4.98 Å². The predicted octanol–water partition coefficient (Wildman–Crippen LogP) is 3.05. The maximum absolute atomic E-state index is 5.41. The van der Waals surface area contributed by atoms with Crippen LogP contribution in [-0.4, -0.2) is 10.1 Å². The van der Waals surface area contributed by atoms with Gasteiger partial charge in [0.1, 0.15) is 6.04 Å². The van der Waals surface area contributed by atoms with Crippen LogP contribution in [0.2, 0.25) is 0 Å². The van der Waals surface area contributed by atoms with Crippen molar-refractivity contribution in [3.05, 3.63) is 41.5 Å². The number of rotatable bonds is 2. The van der Waals surface area contributed by atoms with E-state index in [1.165, 1.54) is 30.5 Å². The Morgan fingerprint density at radius 1 is 1.22 bits per heavy atom. The second kappa shape index (κ2) is 3.83. The molecule has 2 aromatic rings. The van der Waals surface area contributed by atoms with Gasteiger partial charge in [0.2, 0.25) is 5.89 Å². The van der Waals surface area contributed by atoms with Crippen molar-refractivity contribution in [2.45, 2.75) is 37.6 Å². The minimum absolute atomic E-state index is 0.142. The van der Waals surface area contributed by atoms with E-state index in [1.54, 1.807) is 0 Å². The van der Waals surface area contributed by atoms with Crippen molar-refractivity contribution in [3.63, 3.8) is 0 Å². The summed E-state index contributed by atoms with van der Waals surface area (Å²) in [5.41, 5.74) is 2.51. The van der Waals surface area contributed by atoms with E-state index < -0.39 is 0 Å². The predicted molar refractivity (Wildman–Crippen MR) is 67.4 cm³/mol. The summed E-state index contributed by atoms with van der Waals surface area (Å²) in [5.74, 6) is 2.16. The fraction of sp³-hybridized carbons (Fsp3) is 0.429. The monoisotopic (exact) mass is 241 g/mol. The summed E-state index contributed by atoms with van der Waals surface area (Å²) in [7, 11) is 0. The minimum atomic E-state index is 0.142. The summed E-state index contributed by atoms with van der Waals surface area (Å²) in [4.78, 5) is 4.56. The summed E-state index contributed by atoms with van der Waals surface area (Å²) in [6, 6.07) is 8.49. The zero-order chi connectivity index (χ0) is 11.9. The summed E-state index contributed by atoms with van der Waals surface area (Å²) >= 11 is 0. The molecule has 4 nitrogen and oxygen atoms in total. The molecular formula is C14H15N3O. The Bertz CT molecular complexity index is 549. The number of anilines is 1. The van der Waals surface area contributed by atoms with Gasteiger partial charge in [0.15, 0.2) is 5.82 Å². The van der Waals surface area contributed by atoms with Gasteiger partial charge < -0.3 is 9.84 Å². The molecule has 4 rings (SSSR count). The van der Waals surface area contributed by atoms with E-state index in [4.69, 9.17) is 4.52 Å². The van der Waals surface area contributed by atoms with Crippen molar-refractivity contribution in [2.24, 2.45) is 0 Å². The number of hydrogen-bond acceptors (Lipinski definition) is 4. The van der Waals surface area contributed by atoms with E-state index in [0.29, 0.717) is 5.92 Å². The highest BCUT2D eigenvalue weighted by Crippen LogP contribution is 2.37. The summed E-state index contributed by atoms with van der Waals surface area (Å²) in [6.07, 6.45) is 4.64. The molecule has 2 aliphatic rings. The third-order valence-corrected chi connectivity index (χ3v) is 4.00.